The quantitative estimate of drug-likeness (QED) is 0.514. The number of hydrogen-bond donors (Lipinski definition) is 2. The topological polar surface area (TPSA) is 138 Å². The van der Waals surface area contributed by atoms with Gasteiger partial charge in [0.25, 0.3) is 5.91 Å². The van der Waals surface area contributed by atoms with Gasteiger partial charge in [0.2, 0.25) is 0 Å². The number of nitrogens with two attached hydrogens (primary N) is 2. The number of primary amides is 1. The van der Waals surface area contributed by atoms with E-state index in [1.165, 1.54) is 11.3 Å². The molecule has 4 N–H and O–H groups in total. The number of rotatable bonds is 8. The Morgan fingerprint density at radius 3 is 3.07 bits per heavy atom. The molecular weight excluding hydrogens is 404 g/mol. The van der Waals surface area contributed by atoms with Crippen LogP contribution < -0.4 is 16.4 Å². The van der Waals surface area contributed by atoms with Crippen LogP contribution in [0.4, 0.5) is 11.4 Å². The second-order valence-electron chi connectivity index (χ2n) is 7.63. The zero-order valence-electron chi connectivity index (χ0n) is 17.0. The number of anilines is 2. The van der Waals surface area contributed by atoms with Gasteiger partial charge in [-0.15, -0.1) is 16.4 Å². The molecule has 30 heavy (non-hydrogen) atoms. The first-order valence-corrected chi connectivity index (χ1v) is 10.9. The molecule has 0 bridgehead atoms. The maximum Gasteiger partial charge on any atom is 0.260 e. The first kappa shape index (κ1) is 20.5. The summed E-state index contributed by atoms with van der Waals surface area (Å²) in [6.45, 7) is 5.91. The van der Waals surface area contributed by atoms with Crippen molar-refractivity contribution in [2.75, 3.05) is 36.9 Å². The van der Waals surface area contributed by atoms with E-state index in [1.54, 1.807) is 11.0 Å². The molecule has 1 aliphatic rings. The fraction of sp³-hybridized carbons (Fsp3) is 0.526. The number of piperidine rings is 1. The van der Waals surface area contributed by atoms with E-state index in [-0.39, 0.29) is 0 Å². The van der Waals surface area contributed by atoms with Crippen molar-refractivity contribution in [1.82, 2.24) is 25.2 Å². The van der Waals surface area contributed by atoms with Crippen LogP contribution in [0, 0.1) is 12.8 Å². The number of nitrogens with zero attached hydrogens (tertiary/aromatic N) is 6. The minimum absolute atomic E-state index is 0.379. The minimum Gasteiger partial charge on any atom is -0.397 e. The number of carbonyl (C=O) groups excluding carboxylic acids is 1. The van der Waals surface area contributed by atoms with E-state index in [1.807, 2.05) is 13.0 Å². The van der Waals surface area contributed by atoms with Crippen LogP contribution in [-0.4, -0.2) is 57.4 Å². The predicted octanol–water partition coefficient (Wildman–Crippen LogP) is 1.60. The third-order valence-electron chi connectivity index (χ3n) is 5.31. The lowest BCUT2D eigenvalue weighted by Gasteiger charge is -2.35. The van der Waals surface area contributed by atoms with Crippen LogP contribution in [0.2, 0.25) is 0 Å². The van der Waals surface area contributed by atoms with Crippen molar-refractivity contribution in [2.24, 2.45) is 11.7 Å². The van der Waals surface area contributed by atoms with Gasteiger partial charge in [0.05, 0.1) is 23.4 Å². The summed E-state index contributed by atoms with van der Waals surface area (Å²) in [5.74, 6) is -0.0727. The van der Waals surface area contributed by atoms with E-state index in [2.05, 4.69) is 25.4 Å². The molecule has 1 fully saturated rings. The highest BCUT2D eigenvalue weighted by Crippen LogP contribution is 2.40. The van der Waals surface area contributed by atoms with Crippen LogP contribution in [-0.2, 0) is 11.3 Å². The van der Waals surface area contributed by atoms with Crippen LogP contribution in [0.1, 0.15) is 34.6 Å². The Hall–Kier alpha value is -2.79. The number of nitrogen functional groups attached to an aromatic ring is 1. The summed E-state index contributed by atoms with van der Waals surface area (Å²) in [5, 5.41) is 11.9. The third-order valence-corrected chi connectivity index (χ3v) is 6.42. The van der Waals surface area contributed by atoms with E-state index in [4.69, 9.17) is 16.2 Å². The van der Waals surface area contributed by atoms with Gasteiger partial charge < -0.3 is 21.1 Å². The number of thiophene rings is 1. The molecule has 4 rings (SSSR count). The number of aryl methyl sites for hydroxylation is 2. The van der Waals surface area contributed by atoms with Gasteiger partial charge in [-0.25, -0.2) is 9.67 Å². The van der Waals surface area contributed by atoms with E-state index < -0.39 is 5.91 Å². The molecule has 10 nitrogen and oxygen atoms in total. The van der Waals surface area contributed by atoms with Crippen molar-refractivity contribution in [2.45, 2.75) is 32.7 Å². The normalized spacial score (nSPS) is 17.0. The van der Waals surface area contributed by atoms with Crippen molar-refractivity contribution >= 4 is 38.8 Å². The summed E-state index contributed by atoms with van der Waals surface area (Å²) < 4.78 is 7.62. The van der Waals surface area contributed by atoms with Crippen molar-refractivity contribution in [1.29, 1.82) is 0 Å². The van der Waals surface area contributed by atoms with Crippen molar-refractivity contribution in [3.63, 3.8) is 0 Å². The van der Waals surface area contributed by atoms with E-state index in [9.17, 15) is 4.79 Å². The average molecular weight is 431 g/mol. The Bertz CT molecular complexity index is 1020. The lowest BCUT2D eigenvalue weighted by Crippen LogP contribution is -2.37. The molecule has 0 radical (unpaired) electrons. The summed E-state index contributed by atoms with van der Waals surface area (Å²) in [7, 11) is 0. The molecule has 160 valence electrons. The highest BCUT2D eigenvalue weighted by atomic mass is 32.1. The number of ether oxygens (including phenoxy) is 1. The average Bonchev–Trinajstić information content (AvgIpc) is 3.35. The Morgan fingerprint density at radius 2 is 2.30 bits per heavy atom. The number of pyridine rings is 1. The number of amides is 1. The largest absolute Gasteiger partial charge is 0.397 e. The molecule has 3 aromatic heterocycles. The molecule has 1 aliphatic heterocycles. The molecule has 1 saturated heterocycles. The third kappa shape index (κ3) is 4.36. The highest BCUT2D eigenvalue weighted by molar-refractivity contribution is 7.21. The fourth-order valence-corrected chi connectivity index (χ4v) is 4.95. The molecule has 3 aromatic rings. The zero-order valence-corrected chi connectivity index (χ0v) is 17.8. The Morgan fingerprint density at radius 1 is 1.43 bits per heavy atom. The number of carbonyl (C=O) groups is 1. The Balaban J connectivity index is 1.41. The van der Waals surface area contributed by atoms with Gasteiger partial charge in [-0.1, -0.05) is 0 Å². The smallest absolute Gasteiger partial charge is 0.260 e. The molecule has 0 aliphatic carbocycles. The standard InChI is InChI=1S/C19H26N8O2S/c1-12-8-14(15-16(20)17(18(21)28)30-19(15)23-12)26-5-2-4-13(9-26)10-29-7-3-6-27-11-22-24-25-27/h8,11,13H,2-7,9-10,20H2,1H3,(H2,21,28)/t13-/m0/s1. The van der Waals surface area contributed by atoms with Crippen molar-refractivity contribution < 1.29 is 9.53 Å². The van der Waals surface area contributed by atoms with Crippen LogP contribution in [0.25, 0.3) is 10.2 Å². The Kier molecular flexibility index (Phi) is 6.09. The van der Waals surface area contributed by atoms with Crippen molar-refractivity contribution in [3.8, 4) is 0 Å². The van der Waals surface area contributed by atoms with Gasteiger partial charge in [0.1, 0.15) is 16.0 Å². The van der Waals surface area contributed by atoms with E-state index in [0.29, 0.717) is 29.7 Å². The number of aromatic nitrogens is 5. The lowest BCUT2D eigenvalue weighted by molar-refractivity contribution is 0.0890. The van der Waals surface area contributed by atoms with Crippen LogP contribution in [0.5, 0.6) is 0 Å². The molecular formula is C19H26N8O2S. The molecule has 0 unspecified atom stereocenters. The van der Waals surface area contributed by atoms with Crippen molar-refractivity contribution in [3.05, 3.63) is 23.0 Å². The van der Waals surface area contributed by atoms with Gasteiger partial charge in [0, 0.05) is 31.9 Å². The van der Waals surface area contributed by atoms with Gasteiger partial charge in [-0.05, 0) is 48.6 Å². The molecule has 0 spiro atoms. The molecule has 11 heteroatoms. The molecule has 0 aromatic carbocycles. The van der Waals surface area contributed by atoms with Gasteiger partial charge in [-0.2, -0.15) is 0 Å². The maximum atomic E-state index is 11.7. The maximum absolute atomic E-state index is 11.7. The lowest BCUT2D eigenvalue weighted by atomic mass is 9.98. The summed E-state index contributed by atoms with van der Waals surface area (Å²) in [5.41, 5.74) is 14.2. The fourth-order valence-electron chi connectivity index (χ4n) is 3.93. The van der Waals surface area contributed by atoms with E-state index in [0.717, 1.165) is 60.5 Å². The van der Waals surface area contributed by atoms with Gasteiger partial charge >= 0.3 is 0 Å². The zero-order chi connectivity index (χ0) is 21.1. The predicted molar refractivity (Wildman–Crippen MR) is 115 cm³/mol. The molecule has 1 amide bonds. The van der Waals surface area contributed by atoms with E-state index >= 15 is 0 Å². The van der Waals surface area contributed by atoms with Crippen LogP contribution in [0.3, 0.4) is 0 Å². The number of hydrogen-bond acceptors (Lipinski definition) is 9. The van der Waals surface area contributed by atoms with Gasteiger partial charge in [-0.3, -0.25) is 4.79 Å². The molecule has 1 atom stereocenters. The monoisotopic (exact) mass is 430 g/mol. The molecule has 0 saturated carbocycles. The number of fused-ring (bicyclic) bond motifs is 1. The number of tetrazole rings is 1. The SMILES string of the molecule is Cc1cc(N2CCC[C@H](COCCCn3cnnn3)C2)c2c(N)c(C(N)=O)sc2n1. The summed E-state index contributed by atoms with van der Waals surface area (Å²) >= 11 is 1.27. The minimum atomic E-state index is -0.509. The van der Waals surface area contributed by atoms with Crippen LogP contribution in [0.15, 0.2) is 12.4 Å². The summed E-state index contributed by atoms with van der Waals surface area (Å²) in [6.07, 6.45) is 4.68. The second kappa shape index (κ2) is 8.92. The first-order valence-electron chi connectivity index (χ1n) is 10.1. The van der Waals surface area contributed by atoms with Crippen LogP contribution >= 0.6 is 11.3 Å². The highest BCUT2D eigenvalue weighted by Gasteiger charge is 2.25. The Labute approximate surface area is 178 Å². The molecule has 4 heterocycles. The second-order valence-corrected chi connectivity index (χ2v) is 8.63. The summed E-state index contributed by atoms with van der Waals surface area (Å²) in [6, 6.07) is 2.05. The van der Waals surface area contributed by atoms with Gasteiger partial charge in [0.15, 0.2) is 0 Å². The first-order chi connectivity index (χ1) is 14.5. The summed E-state index contributed by atoms with van der Waals surface area (Å²) in [4.78, 5) is 19.8.